The second-order valence-electron chi connectivity index (χ2n) is 3.92. The lowest BCUT2D eigenvalue weighted by Gasteiger charge is -2.08. The zero-order valence-electron chi connectivity index (χ0n) is 9.41. The summed E-state index contributed by atoms with van der Waals surface area (Å²) in [6.45, 7) is 3.19. The number of hydrogen-bond acceptors (Lipinski definition) is 3. The van der Waals surface area contributed by atoms with Gasteiger partial charge < -0.3 is 15.5 Å². The molecular weight excluding hydrogens is 226 g/mol. The van der Waals surface area contributed by atoms with Gasteiger partial charge in [0, 0.05) is 12.1 Å². The van der Waals surface area contributed by atoms with Gasteiger partial charge in [0.05, 0.1) is 11.1 Å². The molecule has 1 rings (SSSR count). The molecule has 1 atom stereocenters. The van der Waals surface area contributed by atoms with Crippen LogP contribution in [0.5, 0.6) is 5.75 Å². The summed E-state index contributed by atoms with van der Waals surface area (Å²) in [5.74, 6) is 0.146. The van der Waals surface area contributed by atoms with Crippen LogP contribution in [-0.4, -0.2) is 22.9 Å². The van der Waals surface area contributed by atoms with E-state index in [2.05, 4.69) is 5.32 Å². The number of aliphatic hydroxyl groups excluding tert-OH is 1. The first kappa shape index (κ1) is 13.3. The van der Waals surface area contributed by atoms with Crippen molar-refractivity contribution in [1.82, 2.24) is 5.32 Å². The van der Waals surface area contributed by atoms with Crippen molar-refractivity contribution >= 4 is 11.6 Å². The number of aromatic hydroxyl groups is 1. The average Bonchev–Trinajstić information content (AvgIpc) is 2.23. The SMILES string of the molecule is CC(O)CCCNCc1cccc(Cl)c1O. The van der Waals surface area contributed by atoms with Crippen molar-refractivity contribution in [3.8, 4) is 5.75 Å². The number of phenolic OH excluding ortho intramolecular Hbond substituents is 1. The summed E-state index contributed by atoms with van der Waals surface area (Å²) >= 11 is 5.78. The summed E-state index contributed by atoms with van der Waals surface area (Å²) in [5.41, 5.74) is 0.796. The second kappa shape index (κ2) is 6.74. The van der Waals surface area contributed by atoms with E-state index in [-0.39, 0.29) is 11.9 Å². The van der Waals surface area contributed by atoms with Crippen LogP contribution in [0.3, 0.4) is 0 Å². The zero-order chi connectivity index (χ0) is 12.0. The standard InChI is InChI=1S/C12H18ClNO2/c1-9(15)4-3-7-14-8-10-5-2-6-11(13)12(10)16/h2,5-6,9,14-16H,3-4,7-8H2,1H3. The van der Waals surface area contributed by atoms with E-state index in [4.69, 9.17) is 16.7 Å². The summed E-state index contributed by atoms with van der Waals surface area (Å²) in [5, 5.41) is 22.3. The molecule has 3 nitrogen and oxygen atoms in total. The highest BCUT2D eigenvalue weighted by Gasteiger charge is 2.04. The number of para-hydroxylation sites is 1. The quantitative estimate of drug-likeness (QED) is 0.672. The molecule has 90 valence electrons. The van der Waals surface area contributed by atoms with Crippen molar-refractivity contribution in [2.45, 2.75) is 32.4 Å². The lowest BCUT2D eigenvalue weighted by atomic mass is 10.2. The highest BCUT2D eigenvalue weighted by Crippen LogP contribution is 2.26. The van der Waals surface area contributed by atoms with Gasteiger partial charge in [-0.15, -0.1) is 0 Å². The summed E-state index contributed by atoms with van der Waals surface area (Å²) in [6.07, 6.45) is 1.45. The van der Waals surface area contributed by atoms with Crippen LogP contribution in [0.1, 0.15) is 25.3 Å². The van der Waals surface area contributed by atoms with Crippen LogP contribution < -0.4 is 5.32 Å². The Morgan fingerprint density at radius 2 is 2.19 bits per heavy atom. The highest BCUT2D eigenvalue weighted by molar-refractivity contribution is 6.32. The second-order valence-corrected chi connectivity index (χ2v) is 4.32. The molecule has 0 radical (unpaired) electrons. The Hall–Kier alpha value is -0.770. The molecule has 1 unspecified atom stereocenters. The van der Waals surface area contributed by atoms with Gasteiger partial charge in [-0.3, -0.25) is 0 Å². The van der Waals surface area contributed by atoms with Crippen LogP contribution in [-0.2, 0) is 6.54 Å². The number of hydrogen-bond donors (Lipinski definition) is 3. The first-order chi connectivity index (χ1) is 7.61. The predicted octanol–water partition coefficient (Wildman–Crippen LogP) is 2.30. The first-order valence-corrected chi connectivity index (χ1v) is 5.84. The van der Waals surface area contributed by atoms with Gasteiger partial charge in [0.25, 0.3) is 0 Å². The van der Waals surface area contributed by atoms with Crippen LogP contribution >= 0.6 is 11.6 Å². The topological polar surface area (TPSA) is 52.5 Å². The summed E-state index contributed by atoms with van der Waals surface area (Å²) < 4.78 is 0. The third-order valence-corrected chi connectivity index (χ3v) is 2.67. The van der Waals surface area contributed by atoms with Gasteiger partial charge in [-0.25, -0.2) is 0 Å². The van der Waals surface area contributed by atoms with Crippen LogP contribution in [0.2, 0.25) is 5.02 Å². The van der Waals surface area contributed by atoms with E-state index in [1.807, 2.05) is 12.1 Å². The zero-order valence-corrected chi connectivity index (χ0v) is 10.2. The minimum absolute atomic E-state index is 0.146. The van der Waals surface area contributed by atoms with Gasteiger partial charge in [0.15, 0.2) is 0 Å². The molecule has 4 heteroatoms. The minimum atomic E-state index is -0.249. The third kappa shape index (κ3) is 4.39. The Kier molecular flexibility index (Phi) is 5.60. The molecule has 0 amide bonds. The van der Waals surface area contributed by atoms with Gasteiger partial charge >= 0.3 is 0 Å². The maximum absolute atomic E-state index is 9.63. The lowest BCUT2D eigenvalue weighted by Crippen LogP contribution is -2.16. The Morgan fingerprint density at radius 1 is 1.44 bits per heavy atom. The van der Waals surface area contributed by atoms with E-state index in [0.29, 0.717) is 11.6 Å². The Morgan fingerprint density at radius 3 is 2.88 bits per heavy atom. The van der Waals surface area contributed by atoms with Gasteiger partial charge in [-0.2, -0.15) is 0 Å². The molecule has 0 fully saturated rings. The van der Waals surface area contributed by atoms with Crippen LogP contribution in [0, 0.1) is 0 Å². The Balaban J connectivity index is 2.29. The fraction of sp³-hybridized carbons (Fsp3) is 0.500. The number of aliphatic hydroxyl groups is 1. The Labute approximate surface area is 101 Å². The van der Waals surface area contributed by atoms with Crippen molar-refractivity contribution in [3.05, 3.63) is 28.8 Å². The molecule has 0 heterocycles. The third-order valence-electron chi connectivity index (χ3n) is 2.36. The molecular formula is C12H18ClNO2. The van der Waals surface area contributed by atoms with E-state index in [1.54, 1.807) is 13.0 Å². The Bertz CT molecular complexity index is 329. The average molecular weight is 244 g/mol. The molecule has 0 aliphatic rings. The molecule has 0 aliphatic heterocycles. The van der Waals surface area contributed by atoms with Crippen molar-refractivity contribution in [2.75, 3.05) is 6.54 Å². The number of halogens is 1. The van der Waals surface area contributed by atoms with Gasteiger partial charge in [-0.1, -0.05) is 23.7 Å². The first-order valence-electron chi connectivity index (χ1n) is 5.46. The molecule has 3 N–H and O–H groups in total. The molecule has 0 spiro atoms. The molecule has 0 aliphatic carbocycles. The summed E-state index contributed by atoms with van der Waals surface area (Å²) in [7, 11) is 0. The number of nitrogens with one attached hydrogen (secondary N) is 1. The molecule has 0 bridgehead atoms. The van der Waals surface area contributed by atoms with Crippen molar-refractivity contribution in [3.63, 3.8) is 0 Å². The normalized spacial score (nSPS) is 12.7. The van der Waals surface area contributed by atoms with Crippen molar-refractivity contribution in [1.29, 1.82) is 0 Å². The largest absolute Gasteiger partial charge is 0.506 e. The molecule has 0 saturated heterocycles. The minimum Gasteiger partial charge on any atom is -0.506 e. The molecule has 0 aromatic heterocycles. The number of benzene rings is 1. The maximum Gasteiger partial charge on any atom is 0.138 e. The lowest BCUT2D eigenvalue weighted by molar-refractivity contribution is 0.181. The maximum atomic E-state index is 9.63. The molecule has 16 heavy (non-hydrogen) atoms. The fourth-order valence-corrected chi connectivity index (χ4v) is 1.64. The molecule has 0 saturated carbocycles. The van der Waals surface area contributed by atoms with Crippen LogP contribution in [0.15, 0.2) is 18.2 Å². The van der Waals surface area contributed by atoms with E-state index in [0.717, 1.165) is 24.9 Å². The van der Waals surface area contributed by atoms with E-state index < -0.39 is 0 Å². The number of phenols is 1. The van der Waals surface area contributed by atoms with Gasteiger partial charge in [-0.05, 0) is 32.4 Å². The summed E-state index contributed by atoms with van der Waals surface area (Å²) in [4.78, 5) is 0. The highest BCUT2D eigenvalue weighted by atomic mass is 35.5. The fourth-order valence-electron chi connectivity index (χ4n) is 1.45. The van der Waals surface area contributed by atoms with Crippen molar-refractivity contribution < 1.29 is 10.2 Å². The van der Waals surface area contributed by atoms with E-state index in [9.17, 15) is 5.11 Å². The summed E-state index contributed by atoms with van der Waals surface area (Å²) in [6, 6.07) is 5.31. The molecule has 1 aromatic carbocycles. The molecule has 1 aromatic rings. The smallest absolute Gasteiger partial charge is 0.138 e. The van der Waals surface area contributed by atoms with Gasteiger partial charge in [0.2, 0.25) is 0 Å². The van der Waals surface area contributed by atoms with E-state index in [1.165, 1.54) is 0 Å². The van der Waals surface area contributed by atoms with Gasteiger partial charge in [0.1, 0.15) is 5.75 Å². The monoisotopic (exact) mass is 243 g/mol. The van der Waals surface area contributed by atoms with Crippen molar-refractivity contribution in [2.24, 2.45) is 0 Å². The van der Waals surface area contributed by atoms with E-state index >= 15 is 0 Å². The number of rotatable bonds is 6. The van der Waals surface area contributed by atoms with Crippen LogP contribution in [0.4, 0.5) is 0 Å². The van der Waals surface area contributed by atoms with Crippen LogP contribution in [0.25, 0.3) is 0 Å². The predicted molar refractivity (Wildman–Crippen MR) is 65.7 cm³/mol.